The van der Waals surface area contributed by atoms with Crippen molar-refractivity contribution in [1.82, 2.24) is 4.90 Å². The highest BCUT2D eigenvalue weighted by Crippen LogP contribution is 2.20. The van der Waals surface area contributed by atoms with Crippen molar-refractivity contribution in [2.24, 2.45) is 0 Å². The molecular weight excluding hydrogens is 270 g/mol. The van der Waals surface area contributed by atoms with Gasteiger partial charge in [0.05, 0.1) is 13.7 Å². The molecule has 5 heteroatoms. The predicted molar refractivity (Wildman–Crippen MR) is 77.4 cm³/mol. The van der Waals surface area contributed by atoms with Gasteiger partial charge in [-0.05, 0) is 25.3 Å². The van der Waals surface area contributed by atoms with E-state index in [2.05, 4.69) is 0 Å². The third-order valence-corrected chi connectivity index (χ3v) is 3.70. The predicted octanol–water partition coefficient (Wildman–Crippen LogP) is 1.76. The topological polar surface area (TPSA) is 55.8 Å². The molecule has 0 aromatic heterocycles. The van der Waals surface area contributed by atoms with Crippen LogP contribution in [-0.4, -0.2) is 42.6 Å². The second-order valence-corrected chi connectivity index (χ2v) is 5.15. The zero-order valence-electron chi connectivity index (χ0n) is 12.5. The molecule has 1 amide bonds. The molecule has 1 saturated heterocycles. The molecule has 1 heterocycles. The summed E-state index contributed by atoms with van der Waals surface area (Å²) in [6.07, 6.45) is 0.899. The molecule has 0 saturated carbocycles. The van der Waals surface area contributed by atoms with Crippen LogP contribution in [0.5, 0.6) is 0 Å². The number of rotatable bonds is 5. The molecule has 0 N–H and O–H groups in total. The quantitative estimate of drug-likeness (QED) is 0.776. The molecule has 1 aliphatic rings. The van der Waals surface area contributed by atoms with Gasteiger partial charge in [-0.2, -0.15) is 0 Å². The lowest BCUT2D eigenvalue weighted by atomic mass is 10.2. The Hall–Kier alpha value is -1.88. The fourth-order valence-corrected chi connectivity index (χ4v) is 2.51. The first kappa shape index (κ1) is 15.5. The van der Waals surface area contributed by atoms with E-state index in [1.165, 1.54) is 7.11 Å². The van der Waals surface area contributed by atoms with Gasteiger partial charge in [-0.3, -0.25) is 4.79 Å². The normalized spacial score (nSPS) is 19.3. The van der Waals surface area contributed by atoms with Gasteiger partial charge in [-0.15, -0.1) is 0 Å². The van der Waals surface area contributed by atoms with Crippen molar-refractivity contribution in [3.05, 3.63) is 35.9 Å². The Morgan fingerprint density at radius 1 is 1.33 bits per heavy atom. The number of carbonyl (C=O) groups is 2. The van der Waals surface area contributed by atoms with Crippen molar-refractivity contribution in [1.29, 1.82) is 0 Å². The molecule has 114 valence electrons. The van der Waals surface area contributed by atoms with Crippen LogP contribution in [0.25, 0.3) is 0 Å². The maximum Gasteiger partial charge on any atom is 0.328 e. The number of methoxy groups -OCH3 is 1. The van der Waals surface area contributed by atoms with Crippen molar-refractivity contribution < 1.29 is 19.1 Å². The summed E-state index contributed by atoms with van der Waals surface area (Å²) in [5.41, 5.74) is 1.02. The Bertz CT molecular complexity index is 488. The summed E-state index contributed by atoms with van der Waals surface area (Å²) in [6, 6.07) is 9.22. The van der Waals surface area contributed by atoms with Gasteiger partial charge in [0.15, 0.2) is 0 Å². The van der Waals surface area contributed by atoms with E-state index < -0.39 is 12.1 Å². The molecule has 2 rings (SSSR count). The minimum atomic E-state index is -0.574. The Morgan fingerprint density at radius 3 is 2.71 bits per heavy atom. The zero-order valence-corrected chi connectivity index (χ0v) is 12.5. The zero-order chi connectivity index (χ0) is 15.2. The number of nitrogens with zero attached hydrogens (tertiary/aromatic N) is 1. The van der Waals surface area contributed by atoms with Crippen LogP contribution in [0.1, 0.15) is 25.3 Å². The van der Waals surface area contributed by atoms with Gasteiger partial charge in [0.2, 0.25) is 0 Å². The lowest BCUT2D eigenvalue weighted by molar-refractivity contribution is -0.155. The molecule has 0 unspecified atom stereocenters. The second kappa shape index (κ2) is 7.22. The molecule has 0 bridgehead atoms. The Kier molecular flexibility index (Phi) is 5.33. The summed E-state index contributed by atoms with van der Waals surface area (Å²) in [7, 11) is 1.35. The van der Waals surface area contributed by atoms with Gasteiger partial charge in [-0.25, -0.2) is 4.79 Å². The van der Waals surface area contributed by atoms with E-state index in [4.69, 9.17) is 9.47 Å². The van der Waals surface area contributed by atoms with Crippen molar-refractivity contribution in [2.75, 3.05) is 13.7 Å². The number of amides is 1. The summed E-state index contributed by atoms with van der Waals surface area (Å²) in [6.45, 7) is 2.68. The van der Waals surface area contributed by atoms with E-state index in [0.29, 0.717) is 19.6 Å². The van der Waals surface area contributed by atoms with Crippen LogP contribution in [0.4, 0.5) is 0 Å². The lowest BCUT2D eigenvalue weighted by Crippen LogP contribution is -2.45. The van der Waals surface area contributed by atoms with E-state index in [9.17, 15) is 9.59 Å². The highest BCUT2D eigenvalue weighted by Gasteiger charge is 2.36. The molecule has 1 fully saturated rings. The van der Waals surface area contributed by atoms with Crippen molar-refractivity contribution >= 4 is 11.9 Å². The van der Waals surface area contributed by atoms with E-state index >= 15 is 0 Å². The Labute approximate surface area is 124 Å². The average molecular weight is 291 g/mol. The first-order valence-corrected chi connectivity index (χ1v) is 7.17. The smallest absolute Gasteiger partial charge is 0.328 e. The van der Waals surface area contributed by atoms with Crippen LogP contribution in [-0.2, 0) is 25.7 Å². The largest absolute Gasteiger partial charge is 0.467 e. The minimum Gasteiger partial charge on any atom is -0.467 e. The van der Waals surface area contributed by atoms with Gasteiger partial charge >= 0.3 is 5.97 Å². The molecule has 2 atom stereocenters. The second-order valence-electron chi connectivity index (χ2n) is 5.15. The maximum absolute atomic E-state index is 12.4. The SMILES string of the molecule is COC(=O)[C@H]1CCCN1C(=O)[C@H](C)OCc1ccccc1. The van der Waals surface area contributed by atoms with Gasteiger partial charge < -0.3 is 14.4 Å². The van der Waals surface area contributed by atoms with Crippen LogP contribution < -0.4 is 0 Å². The summed E-state index contributed by atoms with van der Waals surface area (Å²) in [5.74, 6) is -0.505. The Balaban J connectivity index is 1.91. The number of benzene rings is 1. The molecular formula is C16H21NO4. The fourth-order valence-electron chi connectivity index (χ4n) is 2.51. The maximum atomic E-state index is 12.4. The van der Waals surface area contributed by atoms with Gasteiger partial charge in [-0.1, -0.05) is 30.3 Å². The standard InChI is InChI=1S/C16H21NO4/c1-12(21-11-13-7-4-3-5-8-13)15(18)17-10-6-9-14(17)16(19)20-2/h3-5,7-8,12,14H,6,9-11H2,1-2H3/t12-,14+/m0/s1. The van der Waals surface area contributed by atoms with Crippen LogP contribution in [0, 0.1) is 0 Å². The Morgan fingerprint density at radius 2 is 2.05 bits per heavy atom. The number of carbonyl (C=O) groups excluding carboxylic acids is 2. The lowest BCUT2D eigenvalue weighted by Gasteiger charge is -2.25. The van der Waals surface area contributed by atoms with E-state index in [1.807, 2.05) is 30.3 Å². The highest BCUT2D eigenvalue weighted by molar-refractivity contribution is 5.87. The van der Waals surface area contributed by atoms with E-state index in [-0.39, 0.29) is 11.9 Å². The molecule has 1 aliphatic heterocycles. The number of esters is 1. The monoisotopic (exact) mass is 291 g/mol. The van der Waals surface area contributed by atoms with E-state index in [0.717, 1.165) is 12.0 Å². The van der Waals surface area contributed by atoms with E-state index in [1.54, 1.807) is 11.8 Å². The van der Waals surface area contributed by atoms with Gasteiger partial charge in [0.25, 0.3) is 5.91 Å². The molecule has 1 aromatic rings. The van der Waals surface area contributed by atoms with Crippen LogP contribution in [0.2, 0.25) is 0 Å². The molecule has 0 aliphatic carbocycles. The third kappa shape index (κ3) is 3.82. The summed E-state index contributed by atoms with van der Waals surface area (Å²) in [4.78, 5) is 25.6. The molecule has 0 radical (unpaired) electrons. The van der Waals surface area contributed by atoms with Crippen LogP contribution in [0.3, 0.4) is 0 Å². The number of ether oxygens (including phenoxy) is 2. The number of hydrogen-bond acceptors (Lipinski definition) is 4. The third-order valence-electron chi connectivity index (χ3n) is 3.70. The average Bonchev–Trinajstić information content (AvgIpc) is 3.01. The first-order chi connectivity index (χ1) is 10.1. The highest BCUT2D eigenvalue weighted by atomic mass is 16.5. The van der Waals surface area contributed by atoms with Gasteiger partial charge in [0, 0.05) is 6.54 Å². The van der Waals surface area contributed by atoms with Crippen molar-refractivity contribution in [3.63, 3.8) is 0 Å². The first-order valence-electron chi connectivity index (χ1n) is 7.17. The summed E-state index contributed by atoms with van der Waals surface area (Å²) >= 11 is 0. The van der Waals surface area contributed by atoms with Gasteiger partial charge in [0.1, 0.15) is 12.1 Å². The van der Waals surface area contributed by atoms with Crippen LogP contribution >= 0.6 is 0 Å². The number of hydrogen-bond donors (Lipinski definition) is 0. The number of likely N-dealkylation sites (tertiary alicyclic amines) is 1. The molecule has 0 spiro atoms. The van der Waals surface area contributed by atoms with Crippen LogP contribution in [0.15, 0.2) is 30.3 Å². The van der Waals surface area contributed by atoms with Crippen molar-refractivity contribution in [3.8, 4) is 0 Å². The van der Waals surface area contributed by atoms with Crippen molar-refractivity contribution in [2.45, 2.75) is 38.5 Å². The molecule has 5 nitrogen and oxygen atoms in total. The summed E-state index contributed by atoms with van der Waals surface area (Å²) in [5, 5.41) is 0. The molecule has 1 aromatic carbocycles. The fraction of sp³-hybridized carbons (Fsp3) is 0.500. The summed E-state index contributed by atoms with van der Waals surface area (Å²) < 4.78 is 10.4. The molecule has 21 heavy (non-hydrogen) atoms. The minimum absolute atomic E-state index is 0.154.